The Labute approximate surface area is 185 Å². The van der Waals surface area contributed by atoms with Crippen LogP contribution in [-0.4, -0.2) is 25.5 Å². The van der Waals surface area contributed by atoms with E-state index in [9.17, 15) is 4.79 Å². The number of carbonyl (C=O) groups excluding carboxylic acids is 1. The van der Waals surface area contributed by atoms with E-state index in [1.807, 2.05) is 42.7 Å². The van der Waals surface area contributed by atoms with Gasteiger partial charge in [0.1, 0.15) is 5.76 Å². The molecule has 6 nitrogen and oxygen atoms in total. The van der Waals surface area contributed by atoms with Crippen molar-refractivity contribution in [1.82, 2.24) is 19.7 Å². The topological polar surface area (TPSA) is 73.8 Å². The molecule has 4 rings (SSSR count). The van der Waals surface area contributed by atoms with Gasteiger partial charge < -0.3 is 4.42 Å². The lowest BCUT2D eigenvalue weighted by atomic mass is 9.92. The number of furan rings is 1. The first-order chi connectivity index (χ1) is 15.0. The third-order valence-corrected chi connectivity index (χ3v) is 6.35. The number of hydrogen-bond acceptors (Lipinski definition) is 6. The quantitative estimate of drug-likeness (QED) is 0.287. The number of pyridine rings is 1. The number of aromatic nitrogens is 4. The average Bonchev–Trinajstić information content (AvgIpc) is 3.38. The summed E-state index contributed by atoms with van der Waals surface area (Å²) in [6.45, 7) is 8.27. The van der Waals surface area contributed by atoms with E-state index in [4.69, 9.17) is 4.42 Å². The van der Waals surface area contributed by atoms with Crippen molar-refractivity contribution in [3.63, 3.8) is 0 Å². The van der Waals surface area contributed by atoms with Crippen molar-refractivity contribution in [2.24, 2.45) is 0 Å². The highest BCUT2D eigenvalue weighted by atomic mass is 32.2. The van der Waals surface area contributed by atoms with E-state index in [-0.39, 0.29) is 5.78 Å². The van der Waals surface area contributed by atoms with Gasteiger partial charge in [0.15, 0.2) is 16.8 Å². The first-order valence-corrected chi connectivity index (χ1v) is 11.0. The van der Waals surface area contributed by atoms with E-state index in [0.29, 0.717) is 12.3 Å². The van der Waals surface area contributed by atoms with E-state index < -0.39 is 0 Å². The maximum Gasteiger partial charge on any atom is 0.192 e. The first kappa shape index (κ1) is 21.1. The van der Waals surface area contributed by atoms with Gasteiger partial charge in [-0.05, 0) is 74.2 Å². The molecule has 31 heavy (non-hydrogen) atoms. The summed E-state index contributed by atoms with van der Waals surface area (Å²) in [5, 5.41) is 9.69. The number of hydrogen-bond donors (Lipinski definition) is 0. The zero-order valence-electron chi connectivity index (χ0n) is 18.0. The second kappa shape index (κ2) is 8.89. The largest absolute Gasteiger partial charge is 0.467 e. The van der Waals surface area contributed by atoms with Gasteiger partial charge in [-0.3, -0.25) is 14.3 Å². The third kappa shape index (κ3) is 4.32. The van der Waals surface area contributed by atoms with E-state index in [0.717, 1.165) is 44.6 Å². The smallest absolute Gasteiger partial charge is 0.192 e. The van der Waals surface area contributed by atoms with E-state index >= 15 is 0 Å². The highest BCUT2D eigenvalue weighted by Crippen LogP contribution is 2.31. The van der Waals surface area contributed by atoms with Crippen molar-refractivity contribution >= 4 is 17.5 Å². The van der Waals surface area contributed by atoms with Gasteiger partial charge in [-0.15, -0.1) is 10.2 Å². The Morgan fingerprint density at radius 2 is 1.97 bits per heavy atom. The number of aryl methyl sites for hydroxylation is 2. The van der Waals surface area contributed by atoms with Crippen LogP contribution in [0.3, 0.4) is 0 Å². The van der Waals surface area contributed by atoms with Gasteiger partial charge in [-0.25, -0.2) is 0 Å². The van der Waals surface area contributed by atoms with Crippen molar-refractivity contribution in [1.29, 1.82) is 0 Å². The molecule has 0 aliphatic carbocycles. The summed E-state index contributed by atoms with van der Waals surface area (Å²) in [7, 11) is 0. The van der Waals surface area contributed by atoms with E-state index in [1.165, 1.54) is 5.56 Å². The molecule has 0 aliphatic heterocycles. The second-order valence-corrected chi connectivity index (χ2v) is 8.49. The minimum atomic E-state index is 0.0982. The fraction of sp³-hybridized carbons (Fsp3) is 0.250. The normalized spacial score (nSPS) is 11.1. The fourth-order valence-corrected chi connectivity index (χ4v) is 5.05. The molecule has 0 fully saturated rings. The van der Waals surface area contributed by atoms with Crippen molar-refractivity contribution in [3.05, 3.63) is 82.6 Å². The zero-order chi connectivity index (χ0) is 22.0. The summed E-state index contributed by atoms with van der Waals surface area (Å²) < 4.78 is 7.62. The number of thioether (sulfide) groups is 1. The van der Waals surface area contributed by atoms with Crippen LogP contribution < -0.4 is 0 Å². The molecule has 0 radical (unpaired) electrons. The van der Waals surface area contributed by atoms with Crippen LogP contribution in [0.2, 0.25) is 0 Å². The summed E-state index contributed by atoms with van der Waals surface area (Å²) >= 11 is 1.61. The average molecular weight is 433 g/mol. The lowest BCUT2D eigenvalue weighted by Crippen LogP contribution is -2.06. The molecule has 0 unspecified atom stereocenters. The lowest BCUT2D eigenvalue weighted by molar-refractivity contribution is 0.101. The molecule has 0 saturated heterocycles. The molecule has 3 aromatic heterocycles. The van der Waals surface area contributed by atoms with Crippen LogP contribution in [0.25, 0.3) is 11.4 Å². The predicted molar refractivity (Wildman–Crippen MR) is 121 cm³/mol. The number of Topliss-reactive ketones (excluding diaryl/α,β-unsaturated/α-hetero) is 1. The second-order valence-electron chi connectivity index (χ2n) is 7.55. The van der Waals surface area contributed by atoms with Crippen LogP contribution in [-0.2, 0) is 12.3 Å². The van der Waals surface area contributed by atoms with Crippen LogP contribution >= 0.6 is 11.8 Å². The molecule has 0 aliphatic rings. The van der Waals surface area contributed by atoms with Crippen molar-refractivity contribution < 1.29 is 9.21 Å². The van der Waals surface area contributed by atoms with Crippen LogP contribution in [0.15, 0.2) is 58.6 Å². The molecule has 4 aromatic rings. The number of benzene rings is 1. The van der Waals surface area contributed by atoms with Crippen molar-refractivity contribution in [2.45, 2.75) is 45.1 Å². The van der Waals surface area contributed by atoms with Crippen LogP contribution in [0, 0.1) is 20.8 Å². The summed E-state index contributed by atoms with van der Waals surface area (Å²) in [5.41, 5.74) is 6.12. The summed E-state index contributed by atoms with van der Waals surface area (Å²) in [6.07, 6.45) is 5.19. The number of nitrogens with zero attached hydrogens (tertiary/aromatic N) is 4. The molecule has 0 bridgehead atoms. The maximum absolute atomic E-state index is 12.2. The highest BCUT2D eigenvalue weighted by molar-refractivity contribution is 7.98. The molecule has 0 spiro atoms. The van der Waals surface area contributed by atoms with Gasteiger partial charge >= 0.3 is 0 Å². The zero-order valence-corrected chi connectivity index (χ0v) is 18.9. The van der Waals surface area contributed by atoms with Crippen LogP contribution in [0.4, 0.5) is 0 Å². The molecule has 0 N–H and O–H groups in total. The summed E-state index contributed by atoms with van der Waals surface area (Å²) in [5.74, 6) is 2.37. The molecule has 3 heterocycles. The van der Waals surface area contributed by atoms with E-state index in [2.05, 4.69) is 28.2 Å². The Morgan fingerprint density at radius 1 is 1.13 bits per heavy atom. The Hall–Kier alpha value is -3.19. The SMILES string of the molecule is CC(=O)c1c(C)cc(C)c(CSc2nnc(-c3cccnc3)n2Cc2ccco2)c1C. The fourth-order valence-electron chi connectivity index (χ4n) is 3.93. The Morgan fingerprint density at radius 3 is 2.65 bits per heavy atom. The highest BCUT2D eigenvalue weighted by Gasteiger charge is 2.19. The molecule has 0 atom stereocenters. The van der Waals surface area contributed by atoms with Crippen molar-refractivity contribution in [2.75, 3.05) is 0 Å². The lowest BCUT2D eigenvalue weighted by Gasteiger charge is -2.16. The minimum absolute atomic E-state index is 0.0982. The van der Waals surface area contributed by atoms with Gasteiger partial charge in [0.05, 0.1) is 12.8 Å². The van der Waals surface area contributed by atoms with Gasteiger partial charge in [-0.2, -0.15) is 0 Å². The minimum Gasteiger partial charge on any atom is -0.467 e. The molecular weight excluding hydrogens is 408 g/mol. The molecule has 158 valence electrons. The molecule has 0 saturated carbocycles. The Bertz CT molecular complexity index is 1210. The van der Waals surface area contributed by atoms with Crippen molar-refractivity contribution in [3.8, 4) is 11.4 Å². The monoisotopic (exact) mass is 432 g/mol. The number of carbonyl (C=O) groups is 1. The predicted octanol–water partition coefficient (Wildman–Crippen LogP) is 5.40. The summed E-state index contributed by atoms with van der Waals surface area (Å²) in [4.78, 5) is 16.4. The maximum atomic E-state index is 12.2. The molecule has 0 amide bonds. The number of ketones is 1. The van der Waals surface area contributed by atoms with Crippen LogP contribution in [0.5, 0.6) is 0 Å². The Kier molecular flexibility index (Phi) is 6.04. The molecule has 7 heteroatoms. The third-order valence-electron chi connectivity index (χ3n) is 5.36. The summed E-state index contributed by atoms with van der Waals surface area (Å²) in [6, 6.07) is 9.76. The first-order valence-electron chi connectivity index (χ1n) is 10.0. The standard InChI is InChI=1S/C24H24N4O2S/c1-15-11-16(2)22(18(4)29)17(3)21(15)14-31-24-27-26-23(19-7-5-9-25-12-19)28(24)13-20-8-6-10-30-20/h5-12H,13-14H2,1-4H3. The molecule has 1 aromatic carbocycles. The molecular formula is C24H24N4O2S. The van der Waals surface area contributed by atoms with Gasteiger partial charge in [0, 0.05) is 29.3 Å². The Balaban J connectivity index is 1.69. The van der Waals surface area contributed by atoms with Gasteiger partial charge in [0.2, 0.25) is 0 Å². The van der Waals surface area contributed by atoms with Gasteiger partial charge in [0.25, 0.3) is 0 Å². The van der Waals surface area contributed by atoms with Crippen LogP contribution in [0.1, 0.15) is 45.3 Å². The van der Waals surface area contributed by atoms with E-state index in [1.54, 1.807) is 37.3 Å². The number of rotatable bonds is 7. The van der Waals surface area contributed by atoms with Gasteiger partial charge in [-0.1, -0.05) is 17.8 Å².